The summed E-state index contributed by atoms with van der Waals surface area (Å²) < 4.78 is 0. The Labute approximate surface area is 117 Å². The summed E-state index contributed by atoms with van der Waals surface area (Å²) in [6, 6.07) is 9.47. The van der Waals surface area contributed by atoms with Crippen molar-refractivity contribution < 1.29 is 19.8 Å². The third-order valence-corrected chi connectivity index (χ3v) is 2.63. The molecule has 0 unspecified atom stereocenters. The van der Waals surface area contributed by atoms with Crippen molar-refractivity contribution in [1.29, 1.82) is 0 Å². The summed E-state index contributed by atoms with van der Waals surface area (Å²) in [4.78, 5) is 21.7. The van der Waals surface area contributed by atoms with Crippen LogP contribution in [0.2, 0.25) is 0 Å². The van der Waals surface area contributed by atoms with Crippen LogP contribution in [0.1, 0.15) is 18.9 Å². The molecule has 4 heteroatoms. The molecular weight excluding hydrogens is 256 g/mol. The second-order valence-corrected chi connectivity index (χ2v) is 4.01. The highest BCUT2D eigenvalue weighted by Gasteiger charge is 2.08. The molecule has 0 bridgehead atoms. The highest BCUT2D eigenvalue weighted by molar-refractivity contribution is 5.93. The molecule has 0 radical (unpaired) electrons. The first kappa shape index (κ1) is 15.4. The van der Waals surface area contributed by atoms with Gasteiger partial charge >= 0.3 is 11.9 Å². The Morgan fingerprint density at radius 2 is 1.70 bits per heavy atom. The van der Waals surface area contributed by atoms with Crippen LogP contribution in [0.4, 0.5) is 0 Å². The molecule has 0 amide bonds. The highest BCUT2D eigenvalue weighted by Crippen LogP contribution is 2.15. The number of allylic oxidation sites excluding steroid dienone is 2. The van der Waals surface area contributed by atoms with E-state index < -0.39 is 11.9 Å². The van der Waals surface area contributed by atoms with Crippen LogP contribution in [0.3, 0.4) is 0 Å². The van der Waals surface area contributed by atoms with E-state index in [1.807, 2.05) is 37.3 Å². The van der Waals surface area contributed by atoms with Crippen molar-refractivity contribution >= 4 is 18.0 Å². The average Bonchev–Trinajstić information content (AvgIpc) is 2.42. The van der Waals surface area contributed by atoms with Gasteiger partial charge in [-0.15, -0.1) is 0 Å². The number of benzene rings is 1. The Kier molecular flexibility index (Phi) is 5.97. The van der Waals surface area contributed by atoms with Crippen molar-refractivity contribution in [2.24, 2.45) is 0 Å². The minimum atomic E-state index is -1.17. The molecular formula is C16H16O4. The van der Waals surface area contributed by atoms with Gasteiger partial charge in [0, 0.05) is 6.08 Å². The van der Waals surface area contributed by atoms with Gasteiger partial charge in [0.15, 0.2) is 0 Å². The van der Waals surface area contributed by atoms with Crippen LogP contribution in [0.5, 0.6) is 0 Å². The largest absolute Gasteiger partial charge is 0.478 e. The summed E-state index contributed by atoms with van der Waals surface area (Å²) >= 11 is 0. The molecule has 0 aliphatic carbocycles. The van der Waals surface area contributed by atoms with E-state index in [-0.39, 0.29) is 5.57 Å². The summed E-state index contributed by atoms with van der Waals surface area (Å²) in [5, 5.41) is 17.7. The first-order chi connectivity index (χ1) is 9.54. The van der Waals surface area contributed by atoms with E-state index in [1.165, 1.54) is 0 Å². The third-order valence-electron chi connectivity index (χ3n) is 2.63. The fraction of sp³-hybridized carbons (Fsp3) is 0.125. The Morgan fingerprint density at radius 1 is 1.05 bits per heavy atom. The van der Waals surface area contributed by atoms with E-state index in [1.54, 1.807) is 12.2 Å². The van der Waals surface area contributed by atoms with Crippen LogP contribution >= 0.6 is 0 Å². The van der Waals surface area contributed by atoms with Crippen molar-refractivity contribution in [2.45, 2.75) is 13.3 Å². The van der Waals surface area contributed by atoms with E-state index in [9.17, 15) is 9.59 Å². The second-order valence-electron chi connectivity index (χ2n) is 4.01. The maximum Gasteiger partial charge on any atom is 0.335 e. The fourth-order valence-electron chi connectivity index (χ4n) is 1.63. The number of hydrogen-bond donors (Lipinski definition) is 2. The Balaban J connectivity index is 3.11. The van der Waals surface area contributed by atoms with Gasteiger partial charge < -0.3 is 10.2 Å². The van der Waals surface area contributed by atoms with Gasteiger partial charge in [-0.05, 0) is 23.6 Å². The summed E-state index contributed by atoms with van der Waals surface area (Å²) in [5.74, 6) is -2.32. The quantitative estimate of drug-likeness (QED) is 0.616. The number of carboxylic acids is 2. The predicted molar refractivity (Wildman–Crippen MR) is 77.2 cm³/mol. The number of rotatable bonds is 6. The zero-order chi connectivity index (χ0) is 15.0. The van der Waals surface area contributed by atoms with E-state index in [0.717, 1.165) is 17.7 Å². The Bertz CT molecular complexity index is 565. The van der Waals surface area contributed by atoms with E-state index >= 15 is 0 Å². The summed E-state index contributed by atoms with van der Waals surface area (Å²) in [6.07, 6.45) is 5.94. The van der Waals surface area contributed by atoms with Gasteiger partial charge in [0.2, 0.25) is 0 Å². The molecule has 0 spiro atoms. The molecule has 0 atom stereocenters. The van der Waals surface area contributed by atoms with Gasteiger partial charge in [0.25, 0.3) is 0 Å². The lowest BCUT2D eigenvalue weighted by atomic mass is 10.0. The SMILES string of the molecule is CCC(C=Cc1ccccc1)=C(C=CC(=O)O)C(=O)O. The predicted octanol–water partition coefficient (Wildman–Crippen LogP) is 3.13. The maximum atomic E-state index is 11.2. The number of carboxylic acid groups (broad SMARTS) is 2. The normalized spacial score (nSPS) is 12.7. The zero-order valence-corrected chi connectivity index (χ0v) is 11.1. The van der Waals surface area contributed by atoms with Crippen molar-refractivity contribution in [3.8, 4) is 0 Å². The smallest absolute Gasteiger partial charge is 0.335 e. The summed E-state index contributed by atoms with van der Waals surface area (Å²) in [7, 11) is 0. The molecule has 0 fully saturated rings. The first-order valence-electron chi connectivity index (χ1n) is 6.15. The molecule has 0 aliphatic heterocycles. The van der Waals surface area contributed by atoms with Gasteiger partial charge in [-0.25, -0.2) is 9.59 Å². The molecule has 2 N–H and O–H groups in total. The van der Waals surface area contributed by atoms with E-state index in [0.29, 0.717) is 12.0 Å². The summed E-state index contributed by atoms with van der Waals surface area (Å²) in [6.45, 7) is 1.82. The van der Waals surface area contributed by atoms with Crippen LogP contribution in [-0.4, -0.2) is 22.2 Å². The van der Waals surface area contributed by atoms with Crippen molar-refractivity contribution in [1.82, 2.24) is 0 Å². The van der Waals surface area contributed by atoms with Crippen LogP contribution in [0, 0.1) is 0 Å². The second kappa shape index (κ2) is 7.74. The minimum absolute atomic E-state index is 0.0120. The van der Waals surface area contributed by atoms with Gasteiger partial charge in [0.05, 0.1) is 5.57 Å². The Hall–Kier alpha value is -2.62. The molecule has 1 aromatic rings. The van der Waals surface area contributed by atoms with Gasteiger partial charge in [-0.1, -0.05) is 49.4 Å². The van der Waals surface area contributed by atoms with Gasteiger partial charge in [0.1, 0.15) is 0 Å². The standard InChI is InChI=1S/C16H16O4/c1-2-13(9-8-12-6-4-3-5-7-12)14(16(19)20)10-11-15(17)18/h3-11H,2H2,1H3,(H,17,18)(H,19,20). The highest BCUT2D eigenvalue weighted by atomic mass is 16.4. The van der Waals surface area contributed by atoms with E-state index in [4.69, 9.17) is 10.2 Å². The molecule has 0 heterocycles. The molecule has 0 aliphatic rings. The fourth-order valence-corrected chi connectivity index (χ4v) is 1.63. The number of hydrogen-bond acceptors (Lipinski definition) is 2. The Morgan fingerprint density at radius 3 is 2.20 bits per heavy atom. The summed E-state index contributed by atoms with van der Waals surface area (Å²) in [5.41, 5.74) is 1.51. The molecule has 0 aromatic heterocycles. The maximum absolute atomic E-state index is 11.2. The van der Waals surface area contributed by atoms with Crippen molar-refractivity contribution in [2.75, 3.05) is 0 Å². The monoisotopic (exact) mass is 272 g/mol. The number of aliphatic carboxylic acids is 2. The lowest BCUT2D eigenvalue weighted by Gasteiger charge is -2.02. The zero-order valence-electron chi connectivity index (χ0n) is 11.1. The van der Waals surface area contributed by atoms with Crippen LogP contribution in [0.25, 0.3) is 6.08 Å². The minimum Gasteiger partial charge on any atom is -0.478 e. The lowest BCUT2D eigenvalue weighted by molar-refractivity contribution is -0.132. The third kappa shape index (κ3) is 4.94. The van der Waals surface area contributed by atoms with Crippen LogP contribution < -0.4 is 0 Å². The molecule has 104 valence electrons. The van der Waals surface area contributed by atoms with Crippen molar-refractivity contribution in [3.05, 3.63) is 65.3 Å². The van der Waals surface area contributed by atoms with Crippen LogP contribution in [-0.2, 0) is 9.59 Å². The average molecular weight is 272 g/mol. The molecule has 0 saturated carbocycles. The van der Waals surface area contributed by atoms with Gasteiger partial charge in [-0.2, -0.15) is 0 Å². The molecule has 1 aromatic carbocycles. The molecule has 0 saturated heterocycles. The van der Waals surface area contributed by atoms with Crippen LogP contribution in [0.15, 0.2) is 59.7 Å². The lowest BCUT2D eigenvalue weighted by Crippen LogP contribution is -2.02. The number of carbonyl (C=O) groups is 2. The topological polar surface area (TPSA) is 74.6 Å². The molecule has 1 rings (SSSR count). The molecule has 20 heavy (non-hydrogen) atoms. The van der Waals surface area contributed by atoms with E-state index in [2.05, 4.69) is 0 Å². The van der Waals surface area contributed by atoms with Crippen molar-refractivity contribution in [3.63, 3.8) is 0 Å². The van der Waals surface area contributed by atoms with Gasteiger partial charge in [-0.3, -0.25) is 0 Å². The molecule has 4 nitrogen and oxygen atoms in total. The first-order valence-corrected chi connectivity index (χ1v) is 6.15.